The lowest BCUT2D eigenvalue weighted by Gasteiger charge is -2.31. The van der Waals surface area contributed by atoms with E-state index in [4.69, 9.17) is 0 Å². The zero-order valence-corrected chi connectivity index (χ0v) is 16.2. The molecule has 7 nitrogen and oxygen atoms in total. The number of amides is 1. The number of halogens is 1. The summed E-state index contributed by atoms with van der Waals surface area (Å²) in [5.41, 5.74) is 3.21. The van der Waals surface area contributed by atoms with Crippen molar-refractivity contribution in [3.8, 4) is 0 Å². The molecule has 2 N–H and O–H groups in total. The average Bonchev–Trinajstić information content (AvgIpc) is 3.19. The van der Waals surface area contributed by atoms with E-state index >= 15 is 0 Å². The van der Waals surface area contributed by atoms with Crippen LogP contribution in [0.3, 0.4) is 0 Å². The molecule has 0 saturated carbocycles. The van der Waals surface area contributed by atoms with Crippen LogP contribution >= 0.6 is 0 Å². The van der Waals surface area contributed by atoms with Gasteiger partial charge in [-0.25, -0.2) is 9.37 Å². The fourth-order valence-corrected chi connectivity index (χ4v) is 3.88. The number of fused-ring (bicyclic) bond motifs is 1. The zero-order valence-electron chi connectivity index (χ0n) is 16.2. The van der Waals surface area contributed by atoms with Crippen molar-refractivity contribution in [2.24, 2.45) is 13.0 Å². The Morgan fingerprint density at radius 1 is 1.43 bits per heavy atom. The number of H-pyrrole nitrogens is 1. The van der Waals surface area contributed by atoms with Gasteiger partial charge in [-0.05, 0) is 50.4 Å². The van der Waals surface area contributed by atoms with E-state index in [2.05, 4.69) is 25.3 Å². The number of nitrogens with one attached hydrogen (secondary N) is 2. The lowest BCUT2D eigenvalue weighted by atomic mass is 9.94. The van der Waals surface area contributed by atoms with Gasteiger partial charge in [-0.3, -0.25) is 14.4 Å². The van der Waals surface area contributed by atoms with Gasteiger partial charge < -0.3 is 10.3 Å². The van der Waals surface area contributed by atoms with Gasteiger partial charge in [0.2, 0.25) is 5.91 Å². The number of anilines is 1. The molecule has 1 aromatic carbocycles. The van der Waals surface area contributed by atoms with Crippen LogP contribution in [0.4, 0.5) is 10.1 Å². The molecule has 1 aliphatic rings. The van der Waals surface area contributed by atoms with Crippen molar-refractivity contribution in [1.82, 2.24) is 24.6 Å². The third kappa shape index (κ3) is 4.06. The van der Waals surface area contributed by atoms with Crippen molar-refractivity contribution in [1.29, 1.82) is 0 Å². The van der Waals surface area contributed by atoms with Crippen molar-refractivity contribution in [3.63, 3.8) is 0 Å². The minimum atomic E-state index is -0.263. The van der Waals surface area contributed by atoms with E-state index < -0.39 is 0 Å². The summed E-state index contributed by atoms with van der Waals surface area (Å²) in [6.45, 7) is 4.07. The van der Waals surface area contributed by atoms with Crippen LogP contribution in [-0.2, 0) is 18.3 Å². The Hall–Kier alpha value is -2.74. The van der Waals surface area contributed by atoms with E-state index in [1.165, 1.54) is 12.1 Å². The van der Waals surface area contributed by atoms with Gasteiger partial charge in [0, 0.05) is 20.0 Å². The normalized spacial score (nSPS) is 17.9. The first kappa shape index (κ1) is 18.6. The molecule has 1 atom stereocenters. The van der Waals surface area contributed by atoms with Crippen molar-refractivity contribution in [3.05, 3.63) is 41.7 Å². The van der Waals surface area contributed by atoms with E-state index in [-0.39, 0.29) is 11.7 Å². The highest BCUT2D eigenvalue weighted by atomic mass is 19.1. The fourth-order valence-electron chi connectivity index (χ4n) is 3.88. The van der Waals surface area contributed by atoms with Crippen molar-refractivity contribution < 1.29 is 9.18 Å². The molecule has 1 unspecified atom stereocenters. The summed E-state index contributed by atoms with van der Waals surface area (Å²) < 4.78 is 15.1. The minimum absolute atomic E-state index is 0.0176. The van der Waals surface area contributed by atoms with Gasteiger partial charge in [-0.15, -0.1) is 0 Å². The SMILES string of the molecule is Cc1c(NC(=O)CN2CCCC(Cc3nc4ccc(F)cc4[nH]3)C2)cnn1C. The molecule has 0 bridgehead atoms. The number of likely N-dealkylation sites (tertiary alicyclic amines) is 1. The number of hydrogen-bond donors (Lipinski definition) is 2. The molecule has 28 heavy (non-hydrogen) atoms. The van der Waals surface area contributed by atoms with Crippen LogP contribution in [0, 0.1) is 18.7 Å². The molecule has 1 aliphatic heterocycles. The number of piperidine rings is 1. The molecule has 1 fully saturated rings. The second-order valence-electron chi connectivity index (χ2n) is 7.61. The van der Waals surface area contributed by atoms with Gasteiger partial charge in [0.1, 0.15) is 11.6 Å². The fraction of sp³-hybridized carbons (Fsp3) is 0.450. The Kier molecular flexibility index (Phi) is 5.13. The molecule has 0 aliphatic carbocycles. The maximum Gasteiger partial charge on any atom is 0.238 e. The van der Waals surface area contributed by atoms with Crippen LogP contribution in [0.2, 0.25) is 0 Å². The number of nitrogens with zero attached hydrogens (tertiary/aromatic N) is 4. The minimum Gasteiger partial charge on any atom is -0.342 e. The number of rotatable bonds is 5. The lowest BCUT2D eigenvalue weighted by molar-refractivity contribution is -0.117. The Bertz CT molecular complexity index is 994. The van der Waals surface area contributed by atoms with E-state index in [1.54, 1.807) is 16.9 Å². The van der Waals surface area contributed by atoms with Gasteiger partial charge in [-0.1, -0.05) is 0 Å². The quantitative estimate of drug-likeness (QED) is 0.709. The van der Waals surface area contributed by atoms with Crippen LogP contribution in [0.1, 0.15) is 24.4 Å². The average molecular weight is 384 g/mol. The number of hydrogen-bond acceptors (Lipinski definition) is 4. The molecule has 148 valence electrons. The van der Waals surface area contributed by atoms with Gasteiger partial charge in [0.05, 0.1) is 35.2 Å². The smallest absolute Gasteiger partial charge is 0.238 e. The summed E-state index contributed by atoms with van der Waals surface area (Å²) in [5, 5.41) is 7.10. The van der Waals surface area contributed by atoms with Crippen molar-refractivity contribution >= 4 is 22.6 Å². The van der Waals surface area contributed by atoms with Gasteiger partial charge >= 0.3 is 0 Å². The zero-order chi connectivity index (χ0) is 19.7. The summed E-state index contributed by atoms with van der Waals surface area (Å²) >= 11 is 0. The molecule has 2 aromatic heterocycles. The number of aryl methyl sites for hydroxylation is 1. The first-order valence-corrected chi connectivity index (χ1v) is 9.63. The summed E-state index contributed by atoms with van der Waals surface area (Å²) in [6, 6.07) is 4.60. The Morgan fingerprint density at radius 3 is 3.07 bits per heavy atom. The summed E-state index contributed by atoms with van der Waals surface area (Å²) in [7, 11) is 1.85. The van der Waals surface area contributed by atoms with Gasteiger partial charge in [0.25, 0.3) is 0 Å². The van der Waals surface area contributed by atoms with Crippen LogP contribution in [0.5, 0.6) is 0 Å². The molecule has 0 radical (unpaired) electrons. The Morgan fingerprint density at radius 2 is 2.29 bits per heavy atom. The predicted molar refractivity (Wildman–Crippen MR) is 105 cm³/mol. The largest absolute Gasteiger partial charge is 0.342 e. The van der Waals surface area contributed by atoms with Gasteiger partial charge in [0.15, 0.2) is 0 Å². The van der Waals surface area contributed by atoms with Crippen LogP contribution in [0.25, 0.3) is 11.0 Å². The maximum absolute atomic E-state index is 13.4. The maximum atomic E-state index is 13.4. The van der Waals surface area contributed by atoms with Crippen LogP contribution < -0.4 is 5.32 Å². The third-order valence-electron chi connectivity index (χ3n) is 5.45. The van der Waals surface area contributed by atoms with Gasteiger partial charge in [-0.2, -0.15) is 5.10 Å². The lowest BCUT2D eigenvalue weighted by Crippen LogP contribution is -2.41. The summed E-state index contributed by atoms with van der Waals surface area (Å²) in [5.74, 6) is 1.02. The highest BCUT2D eigenvalue weighted by Crippen LogP contribution is 2.22. The molecule has 4 rings (SSSR count). The van der Waals surface area contributed by atoms with Crippen LogP contribution in [-0.4, -0.2) is 50.2 Å². The summed E-state index contributed by atoms with van der Waals surface area (Å²) in [6.07, 6.45) is 4.64. The molecule has 3 heterocycles. The monoisotopic (exact) mass is 384 g/mol. The number of carbonyl (C=O) groups is 1. The first-order chi connectivity index (χ1) is 13.5. The molecular weight excluding hydrogens is 359 g/mol. The molecule has 1 saturated heterocycles. The van der Waals surface area contributed by atoms with Crippen molar-refractivity contribution in [2.45, 2.75) is 26.2 Å². The number of aromatic amines is 1. The highest BCUT2D eigenvalue weighted by Gasteiger charge is 2.23. The van der Waals surface area contributed by atoms with Crippen molar-refractivity contribution in [2.75, 3.05) is 25.0 Å². The van der Waals surface area contributed by atoms with E-state index in [9.17, 15) is 9.18 Å². The topological polar surface area (TPSA) is 78.8 Å². The third-order valence-corrected chi connectivity index (χ3v) is 5.45. The molecule has 1 amide bonds. The summed E-state index contributed by atoms with van der Waals surface area (Å²) in [4.78, 5) is 22.4. The number of aromatic nitrogens is 4. The molecular formula is C20H25FN6O. The highest BCUT2D eigenvalue weighted by molar-refractivity contribution is 5.92. The van der Waals surface area contributed by atoms with E-state index in [0.717, 1.165) is 60.6 Å². The molecule has 3 aromatic rings. The molecule has 8 heteroatoms. The van der Waals surface area contributed by atoms with E-state index in [1.807, 2.05) is 14.0 Å². The second kappa shape index (κ2) is 7.71. The first-order valence-electron chi connectivity index (χ1n) is 9.63. The van der Waals surface area contributed by atoms with Crippen LogP contribution in [0.15, 0.2) is 24.4 Å². The number of benzene rings is 1. The number of imidazole rings is 1. The Balaban J connectivity index is 1.34. The number of carbonyl (C=O) groups excluding carboxylic acids is 1. The Labute approximate surface area is 162 Å². The second-order valence-corrected chi connectivity index (χ2v) is 7.61. The predicted octanol–water partition coefficient (Wildman–Crippen LogP) is 2.64. The standard InChI is InChI=1S/C20H25FN6O/c1-13-18(10-22-26(13)2)25-20(28)12-27-7-3-4-14(11-27)8-19-23-16-6-5-15(21)9-17(16)24-19/h5-6,9-10,14H,3-4,7-8,11-12H2,1-2H3,(H,23,24)(H,25,28). The molecule has 0 spiro atoms. The van der Waals surface area contributed by atoms with E-state index in [0.29, 0.717) is 12.5 Å².